The largest absolute Gasteiger partial charge is 0.504 e. The number of hydrogen-bond donors (Lipinski definition) is 2. The number of nitrogens with zero attached hydrogens (tertiary/aromatic N) is 1. The predicted octanol–water partition coefficient (Wildman–Crippen LogP) is 3.50. The van der Waals surface area contributed by atoms with Crippen LogP contribution in [-0.4, -0.2) is 49.0 Å². The molecule has 0 bridgehead atoms. The van der Waals surface area contributed by atoms with E-state index in [1.165, 1.54) is 6.07 Å². The summed E-state index contributed by atoms with van der Waals surface area (Å²) >= 11 is 0. The molecule has 1 aliphatic rings. The number of piperazine rings is 1. The van der Waals surface area contributed by atoms with Gasteiger partial charge in [-0.05, 0) is 31.0 Å². The van der Waals surface area contributed by atoms with E-state index < -0.39 is 12.6 Å². The Kier molecular flexibility index (Phi) is 8.12. The minimum atomic E-state index is -4.17. The first kappa shape index (κ1) is 20.9. The van der Waals surface area contributed by atoms with E-state index in [1.54, 1.807) is 19.1 Å². The molecule has 0 radical (unpaired) electrons. The van der Waals surface area contributed by atoms with Gasteiger partial charge >= 0.3 is 6.18 Å². The third kappa shape index (κ3) is 6.03. The van der Waals surface area contributed by atoms with E-state index in [-0.39, 0.29) is 30.6 Å². The third-order valence-electron chi connectivity index (χ3n) is 3.96. The molecule has 2 N–H and O–H groups in total. The van der Waals surface area contributed by atoms with Gasteiger partial charge in [0.15, 0.2) is 11.5 Å². The topological polar surface area (TPSA) is 44.7 Å². The second kappa shape index (κ2) is 9.34. The highest BCUT2D eigenvalue weighted by molar-refractivity contribution is 5.85. The average molecular weight is 369 g/mol. The second-order valence-corrected chi connectivity index (χ2v) is 5.62. The van der Waals surface area contributed by atoms with Crippen LogP contribution in [0.5, 0.6) is 11.5 Å². The van der Waals surface area contributed by atoms with Crippen LogP contribution >= 0.6 is 12.4 Å². The van der Waals surface area contributed by atoms with Gasteiger partial charge in [0.1, 0.15) is 0 Å². The standard InChI is InChI=1S/C16H23F3N2O2.ClH/c1-2-23-15-11-12(3-4-14(15)22)13(5-6-16(17,18)19)21-9-7-20-8-10-21;/h3-4,11,13,20,22H,2,5-10H2,1H3;1H/t13-;/m1./s1. The Morgan fingerprint density at radius 3 is 2.54 bits per heavy atom. The van der Waals surface area contributed by atoms with Gasteiger partial charge in [0.2, 0.25) is 0 Å². The fourth-order valence-corrected chi connectivity index (χ4v) is 2.86. The van der Waals surface area contributed by atoms with Crippen LogP contribution in [0.25, 0.3) is 0 Å². The number of phenols is 1. The van der Waals surface area contributed by atoms with Crippen LogP contribution < -0.4 is 10.1 Å². The summed E-state index contributed by atoms with van der Waals surface area (Å²) < 4.78 is 43.4. The molecule has 1 saturated heterocycles. The lowest BCUT2D eigenvalue weighted by atomic mass is 9.98. The number of halogens is 4. The molecule has 8 heteroatoms. The average Bonchev–Trinajstić information content (AvgIpc) is 2.51. The molecule has 0 spiro atoms. The zero-order valence-corrected chi connectivity index (χ0v) is 14.4. The van der Waals surface area contributed by atoms with Gasteiger partial charge in [0.25, 0.3) is 0 Å². The van der Waals surface area contributed by atoms with Crippen molar-refractivity contribution < 1.29 is 23.0 Å². The number of alkyl halides is 3. The summed E-state index contributed by atoms with van der Waals surface area (Å²) in [7, 11) is 0. The van der Waals surface area contributed by atoms with Crippen molar-refractivity contribution in [2.45, 2.75) is 32.0 Å². The summed E-state index contributed by atoms with van der Waals surface area (Å²) in [4.78, 5) is 2.06. The Morgan fingerprint density at radius 2 is 1.96 bits per heavy atom. The Bertz CT molecular complexity index is 509. The maximum absolute atomic E-state index is 12.7. The van der Waals surface area contributed by atoms with Crippen LogP contribution in [-0.2, 0) is 0 Å². The van der Waals surface area contributed by atoms with E-state index in [2.05, 4.69) is 10.2 Å². The Labute approximate surface area is 146 Å². The van der Waals surface area contributed by atoms with Crippen LogP contribution in [0.1, 0.15) is 31.4 Å². The minimum Gasteiger partial charge on any atom is -0.504 e. The molecule has 1 fully saturated rings. The van der Waals surface area contributed by atoms with Gasteiger partial charge in [-0.15, -0.1) is 12.4 Å². The number of benzene rings is 1. The molecule has 1 aromatic rings. The van der Waals surface area contributed by atoms with Crippen molar-refractivity contribution in [2.75, 3.05) is 32.8 Å². The molecule has 4 nitrogen and oxygen atoms in total. The normalized spacial score (nSPS) is 17.2. The molecule has 24 heavy (non-hydrogen) atoms. The van der Waals surface area contributed by atoms with E-state index in [9.17, 15) is 18.3 Å². The van der Waals surface area contributed by atoms with Crippen molar-refractivity contribution in [2.24, 2.45) is 0 Å². The number of hydrogen-bond acceptors (Lipinski definition) is 4. The number of phenolic OH excluding ortho intramolecular Hbond substituents is 1. The quantitative estimate of drug-likeness (QED) is 0.806. The molecule has 0 saturated carbocycles. The Balaban J connectivity index is 0.00000288. The predicted molar refractivity (Wildman–Crippen MR) is 89.0 cm³/mol. The number of ether oxygens (including phenoxy) is 1. The lowest BCUT2D eigenvalue weighted by Gasteiger charge is -2.35. The van der Waals surface area contributed by atoms with Gasteiger partial charge in [0, 0.05) is 38.6 Å². The highest BCUT2D eigenvalue weighted by Crippen LogP contribution is 2.35. The zero-order chi connectivity index (χ0) is 16.9. The summed E-state index contributed by atoms with van der Waals surface area (Å²) in [6, 6.07) is 4.49. The Hall–Kier alpha value is -1.18. The van der Waals surface area contributed by atoms with Crippen molar-refractivity contribution in [3.05, 3.63) is 23.8 Å². The second-order valence-electron chi connectivity index (χ2n) is 5.62. The summed E-state index contributed by atoms with van der Waals surface area (Å²) in [6.07, 6.45) is -5.00. The molecule has 1 atom stereocenters. The van der Waals surface area contributed by atoms with Crippen LogP contribution in [0.15, 0.2) is 18.2 Å². The first-order valence-corrected chi connectivity index (χ1v) is 7.88. The highest BCUT2D eigenvalue weighted by Gasteiger charge is 2.31. The fraction of sp³-hybridized carbons (Fsp3) is 0.625. The third-order valence-corrected chi connectivity index (χ3v) is 3.96. The molecule has 1 heterocycles. The van der Waals surface area contributed by atoms with E-state index in [0.717, 1.165) is 18.7 Å². The van der Waals surface area contributed by atoms with Gasteiger partial charge < -0.3 is 15.2 Å². The monoisotopic (exact) mass is 368 g/mol. The lowest BCUT2D eigenvalue weighted by Crippen LogP contribution is -2.45. The van der Waals surface area contributed by atoms with Gasteiger partial charge in [-0.1, -0.05) is 6.07 Å². The molecule has 1 aliphatic heterocycles. The van der Waals surface area contributed by atoms with Crippen molar-refractivity contribution in [1.29, 1.82) is 0 Å². The summed E-state index contributed by atoms with van der Waals surface area (Å²) in [5.41, 5.74) is 0.748. The van der Waals surface area contributed by atoms with Crippen LogP contribution in [0.3, 0.4) is 0 Å². The SMILES string of the molecule is CCOc1cc([C@@H](CCC(F)(F)F)N2CCNCC2)ccc1O.Cl. The van der Waals surface area contributed by atoms with Gasteiger partial charge in [-0.3, -0.25) is 4.90 Å². The first-order chi connectivity index (χ1) is 10.9. The summed E-state index contributed by atoms with van der Waals surface area (Å²) in [5.74, 6) is 0.322. The zero-order valence-electron chi connectivity index (χ0n) is 13.6. The molecule has 0 amide bonds. The summed E-state index contributed by atoms with van der Waals surface area (Å²) in [5, 5.41) is 13.0. The van der Waals surface area contributed by atoms with E-state index in [1.807, 2.05) is 0 Å². The molecule has 1 aromatic carbocycles. The van der Waals surface area contributed by atoms with Crippen molar-refractivity contribution in [3.63, 3.8) is 0 Å². The van der Waals surface area contributed by atoms with E-state index in [4.69, 9.17) is 4.74 Å². The molecule has 0 unspecified atom stereocenters. The van der Waals surface area contributed by atoms with Crippen LogP contribution in [0.4, 0.5) is 13.2 Å². The first-order valence-electron chi connectivity index (χ1n) is 7.88. The van der Waals surface area contributed by atoms with Crippen molar-refractivity contribution in [3.8, 4) is 11.5 Å². The fourth-order valence-electron chi connectivity index (χ4n) is 2.86. The Morgan fingerprint density at radius 1 is 1.29 bits per heavy atom. The molecular weight excluding hydrogens is 345 g/mol. The number of nitrogens with one attached hydrogen (secondary N) is 1. The van der Waals surface area contributed by atoms with Crippen LogP contribution in [0, 0.1) is 0 Å². The molecule has 0 aromatic heterocycles. The van der Waals surface area contributed by atoms with Gasteiger partial charge in [-0.25, -0.2) is 0 Å². The van der Waals surface area contributed by atoms with E-state index in [0.29, 0.717) is 25.4 Å². The lowest BCUT2D eigenvalue weighted by molar-refractivity contribution is -0.138. The highest BCUT2D eigenvalue weighted by atomic mass is 35.5. The smallest absolute Gasteiger partial charge is 0.389 e. The van der Waals surface area contributed by atoms with Crippen LogP contribution in [0.2, 0.25) is 0 Å². The van der Waals surface area contributed by atoms with Gasteiger partial charge in [-0.2, -0.15) is 13.2 Å². The van der Waals surface area contributed by atoms with E-state index >= 15 is 0 Å². The number of aromatic hydroxyl groups is 1. The minimum absolute atomic E-state index is 0. The maximum atomic E-state index is 12.7. The maximum Gasteiger partial charge on any atom is 0.389 e. The summed E-state index contributed by atoms with van der Waals surface area (Å²) in [6.45, 7) is 5.11. The van der Waals surface area contributed by atoms with Gasteiger partial charge in [0.05, 0.1) is 6.61 Å². The van der Waals surface area contributed by atoms with Crippen molar-refractivity contribution in [1.82, 2.24) is 10.2 Å². The molecule has 0 aliphatic carbocycles. The molecule has 2 rings (SSSR count). The number of rotatable bonds is 6. The van der Waals surface area contributed by atoms with Crippen molar-refractivity contribution >= 4 is 12.4 Å². The molecular formula is C16H24ClF3N2O2. The molecule has 138 valence electrons.